The van der Waals surface area contributed by atoms with Crippen molar-refractivity contribution in [1.29, 1.82) is 0 Å². The fourth-order valence-electron chi connectivity index (χ4n) is 1.65. The van der Waals surface area contributed by atoms with Gasteiger partial charge < -0.3 is 19.9 Å². The van der Waals surface area contributed by atoms with Crippen molar-refractivity contribution in [2.45, 2.75) is 19.4 Å². The van der Waals surface area contributed by atoms with E-state index in [9.17, 15) is 5.11 Å². The van der Waals surface area contributed by atoms with Crippen molar-refractivity contribution in [3.05, 3.63) is 29.8 Å². The molecule has 1 unspecified atom stereocenters. The normalized spacial score (nSPS) is 12.6. The van der Waals surface area contributed by atoms with Crippen molar-refractivity contribution < 1.29 is 14.6 Å². The van der Waals surface area contributed by atoms with Gasteiger partial charge in [-0.2, -0.15) is 0 Å². The third-order valence-corrected chi connectivity index (χ3v) is 2.72. The molecule has 4 heteroatoms. The highest BCUT2D eigenvalue weighted by molar-refractivity contribution is 5.28. The third-order valence-electron chi connectivity index (χ3n) is 2.72. The predicted octanol–water partition coefficient (Wildman–Crippen LogP) is 2.10. The van der Waals surface area contributed by atoms with Crippen molar-refractivity contribution in [3.8, 4) is 5.75 Å². The van der Waals surface area contributed by atoms with Gasteiger partial charge in [0, 0.05) is 19.8 Å². The zero-order valence-electron chi connectivity index (χ0n) is 11.2. The second-order valence-electron chi connectivity index (χ2n) is 4.23. The van der Waals surface area contributed by atoms with Crippen LogP contribution in [0.15, 0.2) is 24.3 Å². The Kier molecular flexibility index (Phi) is 7.41. The molecule has 1 aromatic carbocycles. The van der Waals surface area contributed by atoms with E-state index in [-0.39, 0.29) is 6.04 Å². The average Bonchev–Trinajstić information content (AvgIpc) is 2.37. The average molecular weight is 253 g/mol. The highest BCUT2D eigenvalue weighted by Gasteiger charge is 2.04. The number of methoxy groups -OCH3 is 1. The van der Waals surface area contributed by atoms with Gasteiger partial charge in [-0.15, -0.1) is 0 Å². The van der Waals surface area contributed by atoms with E-state index in [0.29, 0.717) is 19.0 Å². The molecule has 0 heterocycles. The molecule has 0 fully saturated rings. The first-order valence-electron chi connectivity index (χ1n) is 6.33. The maximum absolute atomic E-state index is 9.39. The Labute approximate surface area is 109 Å². The SMILES string of the molecule is COCCOCCCNC(C)c1cccc(O)c1. The fourth-order valence-corrected chi connectivity index (χ4v) is 1.65. The Balaban J connectivity index is 2.12. The number of phenolic OH excluding ortho intramolecular Hbond substituents is 1. The second-order valence-corrected chi connectivity index (χ2v) is 4.23. The Bertz CT molecular complexity index is 331. The maximum atomic E-state index is 9.39. The molecule has 102 valence electrons. The number of hydrogen-bond donors (Lipinski definition) is 2. The number of aromatic hydroxyl groups is 1. The number of phenols is 1. The van der Waals surface area contributed by atoms with Gasteiger partial charge in [0.15, 0.2) is 0 Å². The highest BCUT2D eigenvalue weighted by Crippen LogP contribution is 2.17. The Morgan fingerprint density at radius 1 is 1.28 bits per heavy atom. The molecule has 0 radical (unpaired) electrons. The Morgan fingerprint density at radius 2 is 2.11 bits per heavy atom. The Hall–Kier alpha value is -1.10. The standard InChI is InChI=1S/C14H23NO3/c1-12(13-5-3-6-14(16)11-13)15-7-4-8-18-10-9-17-2/h3,5-6,11-12,15-16H,4,7-10H2,1-2H3. The monoisotopic (exact) mass is 253 g/mol. The van der Waals surface area contributed by atoms with Crippen molar-refractivity contribution >= 4 is 0 Å². The quantitative estimate of drug-likeness (QED) is 0.662. The van der Waals surface area contributed by atoms with E-state index in [2.05, 4.69) is 12.2 Å². The molecular weight excluding hydrogens is 230 g/mol. The summed E-state index contributed by atoms with van der Waals surface area (Å²) in [6, 6.07) is 7.56. The zero-order valence-corrected chi connectivity index (χ0v) is 11.2. The lowest BCUT2D eigenvalue weighted by Crippen LogP contribution is -2.21. The summed E-state index contributed by atoms with van der Waals surface area (Å²) in [6.07, 6.45) is 0.965. The van der Waals surface area contributed by atoms with E-state index >= 15 is 0 Å². The molecule has 0 bridgehead atoms. The molecule has 1 aromatic rings. The van der Waals surface area contributed by atoms with Crippen molar-refractivity contribution in [1.82, 2.24) is 5.32 Å². The highest BCUT2D eigenvalue weighted by atomic mass is 16.5. The minimum Gasteiger partial charge on any atom is -0.508 e. The van der Waals surface area contributed by atoms with Gasteiger partial charge in [0.1, 0.15) is 5.75 Å². The van der Waals surface area contributed by atoms with Crippen molar-refractivity contribution in [2.75, 3.05) is 33.5 Å². The molecule has 2 N–H and O–H groups in total. The van der Waals surface area contributed by atoms with E-state index in [4.69, 9.17) is 9.47 Å². The number of benzene rings is 1. The summed E-state index contributed by atoms with van der Waals surface area (Å²) in [5.41, 5.74) is 1.09. The van der Waals surface area contributed by atoms with E-state index in [1.165, 1.54) is 0 Å². The van der Waals surface area contributed by atoms with E-state index in [0.717, 1.165) is 25.1 Å². The smallest absolute Gasteiger partial charge is 0.115 e. The summed E-state index contributed by atoms with van der Waals surface area (Å²) in [4.78, 5) is 0. The van der Waals surface area contributed by atoms with Crippen molar-refractivity contribution in [2.24, 2.45) is 0 Å². The van der Waals surface area contributed by atoms with Gasteiger partial charge in [0.25, 0.3) is 0 Å². The van der Waals surface area contributed by atoms with Crippen LogP contribution >= 0.6 is 0 Å². The molecule has 0 aliphatic carbocycles. The maximum Gasteiger partial charge on any atom is 0.115 e. The molecule has 4 nitrogen and oxygen atoms in total. The van der Waals surface area contributed by atoms with Crippen LogP contribution < -0.4 is 5.32 Å². The summed E-state index contributed by atoms with van der Waals surface area (Å²) in [5.74, 6) is 0.309. The number of hydrogen-bond acceptors (Lipinski definition) is 4. The molecule has 1 atom stereocenters. The third kappa shape index (κ3) is 6.00. The molecule has 18 heavy (non-hydrogen) atoms. The molecular formula is C14H23NO3. The summed E-state index contributed by atoms with van der Waals surface area (Å²) in [5, 5.41) is 12.8. The van der Waals surface area contributed by atoms with Crippen LogP contribution in [-0.4, -0.2) is 38.6 Å². The zero-order chi connectivity index (χ0) is 13.2. The van der Waals surface area contributed by atoms with Crippen LogP contribution in [0.5, 0.6) is 5.75 Å². The molecule has 0 aliphatic heterocycles. The van der Waals surface area contributed by atoms with E-state index in [1.54, 1.807) is 19.2 Å². The molecule has 0 saturated carbocycles. The Morgan fingerprint density at radius 3 is 2.83 bits per heavy atom. The van der Waals surface area contributed by atoms with E-state index in [1.807, 2.05) is 12.1 Å². The summed E-state index contributed by atoms with van der Waals surface area (Å²) >= 11 is 0. The topological polar surface area (TPSA) is 50.7 Å². The first kappa shape index (κ1) is 15.0. The van der Waals surface area contributed by atoms with Crippen LogP contribution in [0, 0.1) is 0 Å². The number of nitrogens with one attached hydrogen (secondary N) is 1. The molecule has 0 spiro atoms. The van der Waals surface area contributed by atoms with Crippen LogP contribution in [0.2, 0.25) is 0 Å². The van der Waals surface area contributed by atoms with Crippen LogP contribution in [-0.2, 0) is 9.47 Å². The molecule has 0 amide bonds. The second kappa shape index (κ2) is 8.91. The predicted molar refractivity (Wildman–Crippen MR) is 71.8 cm³/mol. The van der Waals surface area contributed by atoms with Gasteiger partial charge in [-0.05, 0) is 37.6 Å². The molecule has 0 aromatic heterocycles. The first-order chi connectivity index (χ1) is 8.74. The summed E-state index contributed by atoms with van der Waals surface area (Å²) < 4.78 is 10.3. The lowest BCUT2D eigenvalue weighted by molar-refractivity contribution is 0.0693. The van der Waals surface area contributed by atoms with Gasteiger partial charge in [0.2, 0.25) is 0 Å². The summed E-state index contributed by atoms with van der Waals surface area (Å²) in [7, 11) is 1.67. The first-order valence-corrected chi connectivity index (χ1v) is 6.33. The van der Waals surface area contributed by atoms with Crippen LogP contribution in [0.4, 0.5) is 0 Å². The van der Waals surface area contributed by atoms with Gasteiger partial charge in [-0.25, -0.2) is 0 Å². The summed E-state index contributed by atoms with van der Waals surface area (Å²) in [6.45, 7) is 5.01. The van der Waals surface area contributed by atoms with Gasteiger partial charge in [-0.3, -0.25) is 0 Å². The number of rotatable bonds is 9. The minimum absolute atomic E-state index is 0.232. The van der Waals surface area contributed by atoms with Gasteiger partial charge >= 0.3 is 0 Å². The lowest BCUT2D eigenvalue weighted by Gasteiger charge is -2.14. The minimum atomic E-state index is 0.232. The fraction of sp³-hybridized carbons (Fsp3) is 0.571. The molecule has 0 saturated heterocycles. The van der Waals surface area contributed by atoms with E-state index < -0.39 is 0 Å². The van der Waals surface area contributed by atoms with Crippen LogP contribution in [0.25, 0.3) is 0 Å². The van der Waals surface area contributed by atoms with Crippen molar-refractivity contribution in [3.63, 3.8) is 0 Å². The largest absolute Gasteiger partial charge is 0.508 e. The van der Waals surface area contributed by atoms with Crippen LogP contribution in [0.3, 0.4) is 0 Å². The van der Waals surface area contributed by atoms with Gasteiger partial charge in [-0.1, -0.05) is 12.1 Å². The van der Waals surface area contributed by atoms with Crippen LogP contribution in [0.1, 0.15) is 24.9 Å². The molecule has 0 aliphatic rings. The number of ether oxygens (including phenoxy) is 2. The molecule has 1 rings (SSSR count). The lowest BCUT2D eigenvalue weighted by atomic mass is 10.1. The van der Waals surface area contributed by atoms with Gasteiger partial charge in [0.05, 0.1) is 13.2 Å².